The highest BCUT2D eigenvalue weighted by Gasteiger charge is 2.09. The van der Waals surface area contributed by atoms with Crippen molar-refractivity contribution < 1.29 is 4.74 Å². The number of rotatable bonds is 6. The van der Waals surface area contributed by atoms with Crippen LogP contribution >= 0.6 is 23.4 Å². The number of hydrogen-bond donors (Lipinski definition) is 0. The Labute approximate surface area is 112 Å². The van der Waals surface area contributed by atoms with Crippen LogP contribution in [0.3, 0.4) is 0 Å². The molecule has 1 rings (SSSR count). The first-order valence-corrected chi connectivity index (χ1v) is 6.95. The highest BCUT2D eigenvalue weighted by atomic mass is 35.5. The molecular formula is C13H16ClNOS. The average molecular weight is 270 g/mol. The first-order valence-electron chi connectivity index (χ1n) is 5.59. The zero-order chi connectivity index (χ0) is 12.7. The quantitative estimate of drug-likeness (QED) is 0.728. The number of thiocyanates is 1. The number of benzene rings is 1. The fourth-order valence-corrected chi connectivity index (χ4v) is 2.29. The van der Waals surface area contributed by atoms with Crippen LogP contribution in [0.15, 0.2) is 18.2 Å². The van der Waals surface area contributed by atoms with Gasteiger partial charge in [0.25, 0.3) is 0 Å². The maximum atomic E-state index is 8.53. The van der Waals surface area contributed by atoms with Crippen LogP contribution in [0, 0.1) is 16.6 Å². The summed E-state index contributed by atoms with van der Waals surface area (Å²) in [5.41, 5.74) is 1.12. The predicted molar refractivity (Wildman–Crippen MR) is 73.6 cm³/mol. The van der Waals surface area contributed by atoms with Gasteiger partial charge in [-0.25, -0.2) is 0 Å². The van der Waals surface area contributed by atoms with E-state index in [-0.39, 0.29) is 0 Å². The largest absolute Gasteiger partial charge is 0.494 e. The van der Waals surface area contributed by atoms with Crippen molar-refractivity contribution in [2.75, 3.05) is 12.4 Å². The molecule has 1 atom stereocenters. The lowest BCUT2D eigenvalue weighted by Gasteiger charge is -2.14. The van der Waals surface area contributed by atoms with Crippen LogP contribution in [0.25, 0.3) is 0 Å². The van der Waals surface area contributed by atoms with Gasteiger partial charge in [0, 0.05) is 10.8 Å². The van der Waals surface area contributed by atoms with Gasteiger partial charge in [-0.3, -0.25) is 0 Å². The van der Waals surface area contributed by atoms with E-state index in [0.717, 1.165) is 28.5 Å². The highest BCUT2D eigenvalue weighted by molar-refractivity contribution is 8.03. The summed E-state index contributed by atoms with van der Waals surface area (Å²) in [6.07, 6.45) is 0.880. The molecule has 0 aliphatic heterocycles. The third-order valence-electron chi connectivity index (χ3n) is 2.32. The summed E-state index contributed by atoms with van der Waals surface area (Å²) in [7, 11) is 0. The van der Waals surface area contributed by atoms with E-state index in [1.807, 2.05) is 25.1 Å². The number of ether oxygens (including phenoxy) is 1. The molecule has 0 spiro atoms. The van der Waals surface area contributed by atoms with Gasteiger partial charge in [0.2, 0.25) is 0 Å². The minimum absolute atomic E-state index is 0.428. The number of halogens is 1. The second kappa shape index (κ2) is 7.47. The van der Waals surface area contributed by atoms with Gasteiger partial charge >= 0.3 is 0 Å². The molecule has 1 aromatic carbocycles. The smallest absolute Gasteiger partial charge is 0.133 e. The SMILES string of the molecule is CCOc1ccc(Cl)cc1CC(C)CSC#N. The normalized spacial score (nSPS) is 11.9. The number of nitriles is 1. The Morgan fingerprint density at radius 2 is 2.29 bits per heavy atom. The molecule has 0 aliphatic rings. The summed E-state index contributed by atoms with van der Waals surface area (Å²) in [5.74, 6) is 2.15. The van der Waals surface area contributed by atoms with Gasteiger partial charge in [-0.1, -0.05) is 18.5 Å². The van der Waals surface area contributed by atoms with Crippen molar-refractivity contribution in [3.05, 3.63) is 28.8 Å². The van der Waals surface area contributed by atoms with E-state index in [2.05, 4.69) is 12.3 Å². The Balaban J connectivity index is 2.73. The van der Waals surface area contributed by atoms with Crippen LogP contribution in [-0.2, 0) is 6.42 Å². The number of thioether (sulfide) groups is 1. The monoisotopic (exact) mass is 269 g/mol. The summed E-state index contributed by atoms with van der Waals surface area (Å²) in [4.78, 5) is 0. The Morgan fingerprint density at radius 3 is 2.94 bits per heavy atom. The van der Waals surface area contributed by atoms with Crippen LogP contribution in [0.2, 0.25) is 5.02 Å². The molecule has 92 valence electrons. The lowest BCUT2D eigenvalue weighted by atomic mass is 10.0. The zero-order valence-electron chi connectivity index (χ0n) is 10.1. The molecule has 0 bridgehead atoms. The molecule has 1 aromatic rings. The third kappa shape index (κ3) is 4.89. The molecule has 0 N–H and O–H groups in total. The van der Waals surface area contributed by atoms with Crippen molar-refractivity contribution in [3.8, 4) is 11.2 Å². The van der Waals surface area contributed by atoms with Gasteiger partial charge in [0.05, 0.1) is 6.61 Å². The maximum Gasteiger partial charge on any atom is 0.133 e. The lowest BCUT2D eigenvalue weighted by Crippen LogP contribution is -2.05. The van der Waals surface area contributed by atoms with E-state index in [9.17, 15) is 0 Å². The molecule has 0 saturated heterocycles. The maximum absolute atomic E-state index is 8.53. The summed E-state index contributed by atoms with van der Waals surface area (Å²) >= 11 is 7.28. The van der Waals surface area contributed by atoms with Gasteiger partial charge in [0.1, 0.15) is 11.2 Å². The van der Waals surface area contributed by atoms with Crippen LogP contribution in [0.1, 0.15) is 19.4 Å². The molecule has 1 unspecified atom stereocenters. The molecule has 0 radical (unpaired) electrons. The van der Waals surface area contributed by atoms with Crippen molar-refractivity contribution >= 4 is 23.4 Å². The first kappa shape index (κ1) is 14.2. The third-order valence-corrected chi connectivity index (χ3v) is 3.42. The zero-order valence-corrected chi connectivity index (χ0v) is 11.6. The van der Waals surface area contributed by atoms with Gasteiger partial charge in [-0.15, -0.1) is 0 Å². The van der Waals surface area contributed by atoms with Gasteiger partial charge in [-0.2, -0.15) is 5.26 Å². The first-order chi connectivity index (χ1) is 8.17. The van der Waals surface area contributed by atoms with E-state index in [1.54, 1.807) is 0 Å². The second-order valence-electron chi connectivity index (χ2n) is 3.90. The summed E-state index contributed by atoms with van der Waals surface area (Å²) in [6.45, 7) is 4.74. The number of nitrogens with zero attached hydrogens (tertiary/aromatic N) is 1. The summed E-state index contributed by atoms with van der Waals surface area (Å²) < 4.78 is 5.57. The van der Waals surface area contributed by atoms with Crippen LogP contribution in [-0.4, -0.2) is 12.4 Å². The van der Waals surface area contributed by atoms with Crippen LogP contribution in [0.4, 0.5) is 0 Å². The molecule has 0 amide bonds. The predicted octanol–water partition coefficient (Wildman–Crippen LogP) is 4.13. The second-order valence-corrected chi connectivity index (χ2v) is 5.14. The highest BCUT2D eigenvalue weighted by Crippen LogP contribution is 2.26. The van der Waals surface area contributed by atoms with E-state index >= 15 is 0 Å². The summed E-state index contributed by atoms with van der Waals surface area (Å²) in [5, 5.41) is 11.4. The topological polar surface area (TPSA) is 33.0 Å². The Morgan fingerprint density at radius 1 is 1.53 bits per heavy atom. The van der Waals surface area contributed by atoms with Crippen molar-refractivity contribution in [1.82, 2.24) is 0 Å². The van der Waals surface area contributed by atoms with Crippen molar-refractivity contribution in [2.45, 2.75) is 20.3 Å². The van der Waals surface area contributed by atoms with E-state index in [1.165, 1.54) is 11.8 Å². The van der Waals surface area contributed by atoms with E-state index in [0.29, 0.717) is 12.5 Å². The van der Waals surface area contributed by atoms with Crippen LogP contribution < -0.4 is 4.74 Å². The van der Waals surface area contributed by atoms with Crippen molar-refractivity contribution in [2.24, 2.45) is 5.92 Å². The van der Waals surface area contributed by atoms with E-state index in [4.69, 9.17) is 21.6 Å². The molecule has 4 heteroatoms. The fourth-order valence-electron chi connectivity index (χ4n) is 1.62. The molecule has 2 nitrogen and oxygen atoms in total. The van der Waals surface area contributed by atoms with Crippen LogP contribution in [0.5, 0.6) is 5.75 Å². The molecule has 0 aromatic heterocycles. The molecular weight excluding hydrogens is 254 g/mol. The fraction of sp³-hybridized carbons (Fsp3) is 0.462. The standard InChI is InChI=1S/C13H16ClNOS/c1-3-16-13-5-4-12(14)7-11(13)6-10(2)8-17-9-15/h4-5,7,10H,3,6,8H2,1-2H3. The molecule has 0 heterocycles. The van der Waals surface area contributed by atoms with Gasteiger partial charge < -0.3 is 4.74 Å². The van der Waals surface area contributed by atoms with Crippen molar-refractivity contribution in [3.63, 3.8) is 0 Å². The Kier molecular flexibility index (Phi) is 6.25. The van der Waals surface area contributed by atoms with Crippen molar-refractivity contribution in [1.29, 1.82) is 5.26 Å². The molecule has 0 fully saturated rings. The van der Waals surface area contributed by atoms with Gasteiger partial charge in [0.15, 0.2) is 0 Å². The molecule has 0 aliphatic carbocycles. The number of hydrogen-bond acceptors (Lipinski definition) is 3. The Hall–Kier alpha value is -0.850. The minimum atomic E-state index is 0.428. The lowest BCUT2D eigenvalue weighted by molar-refractivity contribution is 0.335. The van der Waals surface area contributed by atoms with E-state index < -0.39 is 0 Å². The minimum Gasteiger partial charge on any atom is -0.494 e. The summed E-state index contributed by atoms with van der Waals surface area (Å²) in [6, 6.07) is 5.69. The van der Waals surface area contributed by atoms with Gasteiger partial charge in [-0.05, 0) is 54.8 Å². The molecule has 17 heavy (non-hydrogen) atoms. The molecule has 0 saturated carbocycles. The average Bonchev–Trinajstić information content (AvgIpc) is 2.30. The Bertz CT molecular complexity index is 403.